The second-order valence-corrected chi connectivity index (χ2v) is 4.10. The zero-order valence-electron chi connectivity index (χ0n) is 8.10. The molecule has 74 valence electrons. The van der Waals surface area contributed by atoms with E-state index in [4.69, 9.17) is 11.6 Å². The van der Waals surface area contributed by atoms with Crippen molar-refractivity contribution in [3.63, 3.8) is 0 Å². The molecular formula is C10H15ClO2. The van der Waals surface area contributed by atoms with Gasteiger partial charge in [0.25, 0.3) is 0 Å². The van der Waals surface area contributed by atoms with Crippen molar-refractivity contribution in [1.29, 1.82) is 0 Å². The Morgan fingerprint density at radius 2 is 2.46 bits per heavy atom. The molecule has 1 aliphatic rings. The van der Waals surface area contributed by atoms with E-state index in [0.717, 1.165) is 12.8 Å². The molecule has 0 saturated carbocycles. The molecule has 0 saturated heterocycles. The molecule has 0 aromatic carbocycles. The normalized spacial score (nSPS) is 28.1. The van der Waals surface area contributed by atoms with E-state index in [1.165, 1.54) is 12.7 Å². The fourth-order valence-corrected chi connectivity index (χ4v) is 1.81. The number of halogens is 1. The first-order valence-electron chi connectivity index (χ1n) is 4.57. The Morgan fingerprint density at radius 3 is 2.85 bits per heavy atom. The van der Waals surface area contributed by atoms with Crippen molar-refractivity contribution >= 4 is 17.6 Å². The molecule has 1 atom stereocenters. The van der Waals surface area contributed by atoms with Gasteiger partial charge < -0.3 is 4.74 Å². The molecule has 3 heteroatoms. The number of carbonyl (C=O) groups excluding carboxylic acids is 1. The molecule has 0 fully saturated rings. The summed E-state index contributed by atoms with van der Waals surface area (Å²) in [5.74, 6) is -0.305. The summed E-state index contributed by atoms with van der Waals surface area (Å²) in [6.07, 6.45) is 5.32. The molecule has 0 N–H and O–H groups in total. The number of esters is 1. The first-order valence-corrected chi connectivity index (χ1v) is 4.95. The second kappa shape index (κ2) is 4.14. The topological polar surface area (TPSA) is 26.3 Å². The molecule has 0 aromatic heterocycles. The van der Waals surface area contributed by atoms with Crippen LogP contribution in [0, 0.1) is 0 Å². The van der Waals surface area contributed by atoms with E-state index in [1.54, 1.807) is 0 Å². The van der Waals surface area contributed by atoms with Crippen LogP contribution in [0.15, 0.2) is 11.6 Å². The van der Waals surface area contributed by atoms with E-state index in [9.17, 15) is 4.79 Å². The van der Waals surface area contributed by atoms with Gasteiger partial charge in [0.2, 0.25) is 0 Å². The summed E-state index contributed by atoms with van der Waals surface area (Å²) in [5, 5.41) is 0. The quantitative estimate of drug-likeness (QED) is 0.391. The highest BCUT2D eigenvalue weighted by atomic mass is 35.5. The summed E-state index contributed by atoms with van der Waals surface area (Å²) in [5.41, 5.74) is 1.39. The van der Waals surface area contributed by atoms with Gasteiger partial charge in [-0.1, -0.05) is 18.6 Å². The van der Waals surface area contributed by atoms with Crippen molar-refractivity contribution in [2.45, 2.75) is 37.5 Å². The fourth-order valence-electron chi connectivity index (χ4n) is 1.56. The van der Waals surface area contributed by atoms with Crippen LogP contribution in [0.4, 0.5) is 0 Å². The molecule has 0 aromatic rings. The van der Waals surface area contributed by atoms with Gasteiger partial charge >= 0.3 is 5.97 Å². The number of hydrogen-bond acceptors (Lipinski definition) is 2. The monoisotopic (exact) mass is 202 g/mol. The Kier molecular flexibility index (Phi) is 3.37. The van der Waals surface area contributed by atoms with Gasteiger partial charge in [0.05, 0.1) is 7.11 Å². The zero-order valence-corrected chi connectivity index (χ0v) is 8.86. The minimum Gasteiger partial charge on any atom is -0.468 e. The Hall–Kier alpha value is -0.500. The van der Waals surface area contributed by atoms with Crippen molar-refractivity contribution in [3.8, 4) is 0 Å². The van der Waals surface area contributed by atoms with Crippen LogP contribution in [0.25, 0.3) is 0 Å². The lowest BCUT2D eigenvalue weighted by Gasteiger charge is -2.27. The number of allylic oxidation sites excluding steroid dienone is 2. The molecule has 0 radical (unpaired) electrons. The van der Waals surface area contributed by atoms with Crippen molar-refractivity contribution in [2.24, 2.45) is 0 Å². The predicted octanol–water partition coefficient (Wildman–Crippen LogP) is 2.66. The van der Waals surface area contributed by atoms with Crippen molar-refractivity contribution in [3.05, 3.63) is 11.6 Å². The largest absolute Gasteiger partial charge is 0.468 e. The summed E-state index contributed by atoms with van der Waals surface area (Å²) >= 11 is 6.13. The molecule has 13 heavy (non-hydrogen) atoms. The maximum atomic E-state index is 11.3. The summed E-state index contributed by atoms with van der Waals surface area (Å²) in [4.78, 5) is 10.5. The lowest BCUT2D eigenvalue weighted by atomic mass is 9.88. The van der Waals surface area contributed by atoms with Gasteiger partial charge in [-0.25, -0.2) is 0 Å². The third-order valence-corrected chi connectivity index (χ3v) is 3.06. The average molecular weight is 203 g/mol. The Bertz CT molecular complexity index is 235. The lowest BCUT2D eigenvalue weighted by molar-refractivity contribution is -0.144. The Morgan fingerprint density at radius 1 is 1.77 bits per heavy atom. The van der Waals surface area contributed by atoms with Gasteiger partial charge in [-0.05, 0) is 25.7 Å². The van der Waals surface area contributed by atoms with E-state index in [2.05, 4.69) is 17.7 Å². The number of ether oxygens (including phenoxy) is 1. The fraction of sp³-hybridized carbons (Fsp3) is 0.700. The minimum atomic E-state index is -0.798. The number of carbonyl (C=O) groups is 1. The SMILES string of the molecule is CCC1=CCC(Cl)(C(=O)OC)CC1. The Labute approximate surface area is 83.9 Å². The van der Waals surface area contributed by atoms with E-state index < -0.39 is 4.87 Å². The molecule has 0 bridgehead atoms. The van der Waals surface area contributed by atoms with Gasteiger partial charge in [0.1, 0.15) is 4.87 Å². The van der Waals surface area contributed by atoms with Gasteiger partial charge in [0, 0.05) is 0 Å². The molecular weight excluding hydrogens is 188 g/mol. The first kappa shape index (κ1) is 10.6. The highest BCUT2D eigenvalue weighted by Gasteiger charge is 2.38. The highest BCUT2D eigenvalue weighted by molar-refractivity contribution is 6.34. The Balaban J connectivity index is 2.66. The standard InChI is InChI=1S/C10H15ClO2/c1-3-8-4-6-10(11,7-5-8)9(12)13-2/h4H,3,5-7H2,1-2H3. The van der Waals surface area contributed by atoms with E-state index >= 15 is 0 Å². The van der Waals surface area contributed by atoms with Crippen LogP contribution in [0.1, 0.15) is 32.6 Å². The molecule has 1 aliphatic carbocycles. The molecule has 1 unspecified atom stereocenters. The predicted molar refractivity (Wildman–Crippen MR) is 52.8 cm³/mol. The van der Waals surface area contributed by atoms with E-state index in [1.807, 2.05) is 0 Å². The molecule has 0 heterocycles. The van der Waals surface area contributed by atoms with Crippen LogP contribution in [0.2, 0.25) is 0 Å². The van der Waals surface area contributed by atoms with Gasteiger partial charge in [-0.3, -0.25) is 4.79 Å². The third kappa shape index (κ3) is 2.25. The second-order valence-electron chi connectivity index (χ2n) is 3.38. The van der Waals surface area contributed by atoms with E-state index in [-0.39, 0.29) is 5.97 Å². The molecule has 0 amide bonds. The molecule has 0 aliphatic heterocycles. The van der Waals surface area contributed by atoms with Crippen LogP contribution in [-0.4, -0.2) is 18.0 Å². The molecule has 1 rings (SSSR count). The van der Waals surface area contributed by atoms with Crippen LogP contribution in [0.5, 0.6) is 0 Å². The first-order chi connectivity index (χ1) is 6.12. The average Bonchev–Trinajstić information content (AvgIpc) is 2.18. The molecule has 2 nitrogen and oxygen atoms in total. The number of alkyl halides is 1. The third-order valence-electron chi connectivity index (χ3n) is 2.56. The summed E-state index contributed by atoms with van der Waals surface area (Å²) in [7, 11) is 1.38. The van der Waals surface area contributed by atoms with Crippen LogP contribution >= 0.6 is 11.6 Å². The zero-order chi connectivity index (χ0) is 9.90. The van der Waals surface area contributed by atoms with Crippen molar-refractivity contribution < 1.29 is 9.53 Å². The smallest absolute Gasteiger partial charge is 0.327 e. The lowest BCUT2D eigenvalue weighted by Crippen LogP contribution is -2.35. The summed E-state index contributed by atoms with van der Waals surface area (Å²) in [6, 6.07) is 0. The summed E-state index contributed by atoms with van der Waals surface area (Å²) in [6.45, 7) is 2.12. The summed E-state index contributed by atoms with van der Waals surface area (Å²) < 4.78 is 4.66. The number of rotatable bonds is 2. The minimum absolute atomic E-state index is 0.305. The highest BCUT2D eigenvalue weighted by Crippen LogP contribution is 2.35. The van der Waals surface area contributed by atoms with Gasteiger partial charge in [-0.2, -0.15) is 0 Å². The number of hydrogen-bond donors (Lipinski definition) is 0. The van der Waals surface area contributed by atoms with Crippen molar-refractivity contribution in [2.75, 3.05) is 7.11 Å². The molecule has 0 spiro atoms. The van der Waals surface area contributed by atoms with Gasteiger partial charge in [-0.15, -0.1) is 11.6 Å². The maximum absolute atomic E-state index is 11.3. The van der Waals surface area contributed by atoms with Crippen molar-refractivity contribution in [1.82, 2.24) is 0 Å². The van der Waals surface area contributed by atoms with Gasteiger partial charge in [0.15, 0.2) is 0 Å². The van der Waals surface area contributed by atoms with E-state index in [0.29, 0.717) is 12.8 Å². The van der Waals surface area contributed by atoms with Crippen LogP contribution in [-0.2, 0) is 9.53 Å². The maximum Gasteiger partial charge on any atom is 0.327 e. The van der Waals surface area contributed by atoms with Crippen LogP contribution < -0.4 is 0 Å². The van der Waals surface area contributed by atoms with Crippen LogP contribution in [0.3, 0.4) is 0 Å². The number of methoxy groups -OCH3 is 1.